The lowest BCUT2D eigenvalue weighted by atomic mass is 10.1. The molecule has 0 saturated carbocycles. The first-order valence-corrected chi connectivity index (χ1v) is 8.73. The van der Waals surface area contributed by atoms with Crippen LogP contribution in [0.4, 0.5) is 0 Å². The van der Waals surface area contributed by atoms with Crippen LogP contribution in [0.25, 0.3) is 0 Å². The Bertz CT molecular complexity index is 351. The predicted molar refractivity (Wildman–Crippen MR) is 91.5 cm³/mol. The van der Waals surface area contributed by atoms with Gasteiger partial charge in [-0.1, -0.05) is 70.2 Å². The summed E-state index contributed by atoms with van der Waals surface area (Å²) >= 11 is 0. The summed E-state index contributed by atoms with van der Waals surface area (Å²) in [5.74, 6) is 0. The molecule has 0 heterocycles. The molecule has 1 aromatic rings. The van der Waals surface area contributed by atoms with Crippen molar-refractivity contribution in [3.05, 3.63) is 35.4 Å². The van der Waals surface area contributed by atoms with Crippen LogP contribution in [0.15, 0.2) is 24.3 Å². The van der Waals surface area contributed by atoms with E-state index in [1.807, 2.05) is 0 Å². The van der Waals surface area contributed by atoms with Crippen molar-refractivity contribution in [1.82, 2.24) is 5.32 Å². The van der Waals surface area contributed by atoms with Gasteiger partial charge in [0.25, 0.3) is 0 Å². The minimum absolute atomic E-state index is 0.747. The van der Waals surface area contributed by atoms with E-state index in [0.717, 1.165) is 26.3 Å². The molecular weight excluding hydrogens is 258 g/mol. The molecule has 0 amide bonds. The number of nitrogens with one attached hydrogen (secondary N) is 1. The van der Waals surface area contributed by atoms with Crippen LogP contribution in [0, 0.1) is 0 Å². The third kappa shape index (κ3) is 9.65. The van der Waals surface area contributed by atoms with Gasteiger partial charge in [0, 0.05) is 13.2 Å². The summed E-state index contributed by atoms with van der Waals surface area (Å²) < 4.78 is 5.79. The standard InChI is InChI=1S/C19H33NO/c1-3-5-6-7-8-9-14-21-17-19-12-10-11-18(15-19)16-20-13-4-2/h10-12,15,20H,3-9,13-14,16-17H2,1-2H3. The average molecular weight is 291 g/mol. The largest absolute Gasteiger partial charge is 0.377 e. The van der Waals surface area contributed by atoms with Crippen LogP contribution in [0.2, 0.25) is 0 Å². The molecule has 0 aromatic heterocycles. The molecule has 1 aromatic carbocycles. The van der Waals surface area contributed by atoms with Gasteiger partial charge < -0.3 is 10.1 Å². The lowest BCUT2D eigenvalue weighted by Gasteiger charge is -2.07. The summed E-state index contributed by atoms with van der Waals surface area (Å²) in [4.78, 5) is 0. The Morgan fingerprint density at radius 3 is 2.48 bits per heavy atom. The summed E-state index contributed by atoms with van der Waals surface area (Å²) in [5.41, 5.74) is 2.64. The SMILES string of the molecule is CCCCCCCCOCc1cccc(CNCCC)c1. The number of benzene rings is 1. The molecule has 0 saturated heterocycles. The maximum absolute atomic E-state index is 5.79. The van der Waals surface area contributed by atoms with E-state index in [9.17, 15) is 0 Å². The molecule has 0 aliphatic heterocycles. The second kappa shape index (κ2) is 12.8. The van der Waals surface area contributed by atoms with Crippen molar-refractivity contribution in [3.63, 3.8) is 0 Å². The molecule has 0 spiro atoms. The molecule has 0 aliphatic carbocycles. The highest BCUT2D eigenvalue weighted by Gasteiger charge is 1.97. The molecule has 2 nitrogen and oxygen atoms in total. The average Bonchev–Trinajstić information content (AvgIpc) is 2.51. The molecule has 1 N–H and O–H groups in total. The number of rotatable bonds is 13. The minimum atomic E-state index is 0.747. The molecule has 0 aliphatic rings. The lowest BCUT2D eigenvalue weighted by Crippen LogP contribution is -2.13. The summed E-state index contributed by atoms with van der Waals surface area (Å²) in [6, 6.07) is 8.72. The van der Waals surface area contributed by atoms with Gasteiger partial charge in [-0.25, -0.2) is 0 Å². The van der Waals surface area contributed by atoms with Gasteiger partial charge in [-0.15, -0.1) is 0 Å². The maximum atomic E-state index is 5.79. The molecular formula is C19H33NO. The van der Waals surface area contributed by atoms with Gasteiger partial charge in [0.1, 0.15) is 0 Å². The molecule has 1 rings (SSSR count). The fourth-order valence-corrected chi connectivity index (χ4v) is 2.41. The highest BCUT2D eigenvalue weighted by atomic mass is 16.5. The fourth-order valence-electron chi connectivity index (χ4n) is 2.41. The summed E-state index contributed by atoms with van der Waals surface area (Å²) in [5, 5.41) is 3.44. The van der Waals surface area contributed by atoms with Crippen LogP contribution in [0.1, 0.15) is 69.9 Å². The number of unbranched alkanes of at least 4 members (excludes halogenated alkanes) is 5. The van der Waals surface area contributed by atoms with Crippen LogP contribution in [0.5, 0.6) is 0 Å². The van der Waals surface area contributed by atoms with Crippen LogP contribution in [-0.4, -0.2) is 13.2 Å². The Balaban J connectivity index is 2.10. The van der Waals surface area contributed by atoms with E-state index in [2.05, 4.69) is 43.4 Å². The van der Waals surface area contributed by atoms with Crippen molar-refractivity contribution in [2.75, 3.05) is 13.2 Å². The van der Waals surface area contributed by atoms with Gasteiger partial charge in [0.05, 0.1) is 6.61 Å². The Hall–Kier alpha value is -0.860. The first-order chi connectivity index (χ1) is 10.4. The second-order valence-corrected chi connectivity index (χ2v) is 5.82. The fraction of sp³-hybridized carbons (Fsp3) is 0.684. The van der Waals surface area contributed by atoms with Crippen molar-refractivity contribution in [2.24, 2.45) is 0 Å². The van der Waals surface area contributed by atoms with E-state index in [-0.39, 0.29) is 0 Å². The van der Waals surface area contributed by atoms with Crippen LogP contribution >= 0.6 is 0 Å². The van der Waals surface area contributed by atoms with Gasteiger partial charge in [-0.05, 0) is 30.5 Å². The Labute approximate surface area is 131 Å². The third-order valence-corrected chi connectivity index (χ3v) is 3.66. The molecule has 2 heteroatoms. The quantitative estimate of drug-likeness (QED) is 0.513. The van der Waals surface area contributed by atoms with Crippen molar-refractivity contribution in [2.45, 2.75) is 71.9 Å². The van der Waals surface area contributed by atoms with Crippen molar-refractivity contribution >= 4 is 0 Å². The van der Waals surface area contributed by atoms with E-state index < -0.39 is 0 Å². The molecule has 21 heavy (non-hydrogen) atoms. The zero-order valence-electron chi connectivity index (χ0n) is 14.0. The molecule has 120 valence electrons. The highest BCUT2D eigenvalue weighted by molar-refractivity contribution is 5.22. The number of ether oxygens (including phenoxy) is 1. The van der Waals surface area contributed by atoms with Gasteiger partial charge in [-0.2, -0.15) is 0 Å². The normalized spacial score (nSPS) is 11.0. The molecule has 0 radical (unpaired) electrons. The van der Waals surface area contributed by atoms with E-state index in [1.165, 1.54) is 56.1 Å². The van der Waals surface area contributed by atoms with Crippen molar-refractivity contribution in [3.8, 4) is 0 Å². The maximum Gasteiger partial charge on any atom is 0.0716 e. The summed E-state index contributed by atoms with van der Waals surface area (Å²) in [7, 11) is 0. The summed E-state index contributed by atoms with van der Waals surface area (Å²) in [6.45, 7) is 8.13. The van der Waals surface area contributed by atoms with Gasteiger partial charge >= 0.3 is 0 Å². The number of hydrogen-bond donors (Lipinski definition) is 1. The van der Waals surface area contributed by atoms with Crippen LogP contribution in [-0.2, 0) is 17.9 Å². The first kappa shape index (κ1) is 18.2. The first-order valence-electron chi connectivity index (χ1n) is 8.73. The minimum Gasteiger partial charge on any atom is -0.377 e. The van der Waals surface area contributed by atoms with E-state index >= 15 is 0 Å². The third-order valence-electron chi connectivity index (χ3n) is 3.66. The Kier molecular flexibility index (Phi) is 11.1. The van der Waals surface area contributed by atoms with E-state index in [4.69, 9.17) is 4.74 Å². The Morgan fingerprint density at radius 2 is 1.67 bits per heavy atom. The molecule has 0 atom stereocenters. The second-order valence-electron chi connectivity index (χ2n) is 5.82. The molecule has 0 bridgehead atoms. The van der Waals surface area contributed by atoms with Crippen molar-refractivity contribution < 1.29 is 4.74 Å². The smallest absolute Gasteiger partial charge is 0.0716 e. The molecule has 0 unspecified atom stereocenters. The monoisotopic (exact) mass is 291 g/mol. The Morgan fingerprint density at radius 1 is 0.905 bits per heavy atom. The van der Waals surface area contributed by atoms with Gasteiger partial charge in [0.2, 0.25) is 0 Å². The van der Waals surface area contributed by atoms with Crippen LogP contribution in [0.3, 0.4) is 0 Å². The lowest BCUT2D eigenvalue weighted by molar-refractivity contribution is 0.116. The predicted octanol–water partition coefficient (Wildman–Crippen LogP) is 5.06. The van der Waals surface area contributed by atoms with Gasteiger partial charge in [0.15, 0.2) is 0 Å². The van der Waals surface area contributed by atoms with E-state index in [1.54, 1.807) is 0 Å². The molecule has 0 fully saturated rings. The zero-order valence-corrected chi connectivity index (χ0v) is 14.0. The number of hydrogen-bond acceptors (Lipinski definition) is 2. The van der Waals surface area contributed by atoms with E-state index in [0.29, 0.717) is 0 Å². The van der Waals surface area contributed by atoms with Crippen LogP contribution < -0.4 is 5.32 Å². The highest BCUT2D eigenvalue weighted by Crippen LogP contribution is 2.08. The van der Waals surface area contributed by atoms with Gasteiger partial charge in [-0.3, -0.25) is 0 Å². The van der Waals surface area contributed by atoms with Crippen molar-refractivity contribution in [1.29, 1.82) is 0 Å². The zero-order chi connectivity index (χ0) is 15.2. The topological polar surface area (TPSA) is 21.3 Å². The summed E-state index contributed by atoms with van der Waals surface area (Å²) in [6.07, 6.45) is 9.11.